The van der Waals surface area contributed by atoms with Gasteiger partial charge in [0.15, 0.2) is 0 Å². The average Bonchev–Trinajstić information content (AvgIpc) is 3.07. The van der Waals surface area contributed by atoms with Crippen LogP contribution in [0.2, 0.25) is 0 Å². The molecule has 0 aliphatic carbocycles. The van der Waals surface area contributed by atoms with Crippen molar-refractivity contribution in [1.82, 2.24) is 0 Å². The molecule has 1 aliphatic heterocycles. The van der Waals surface area contributed by atoms with Crippen molar-refractivity contribution in [3.8, 4) is 0 Å². The van der Waals surface area contributed by atoms with Crippen LogP contribution in [-0.2, 0) is 10.3 Å². The van der Waals surface area contributed by atoms with E-state index in [1.54, 1.807) is 17.0 Å². The number of carbonyl (C=O) groups excluding carboxylic acids is 2. The second-order valence-corrected chi connectivity index (χ2v) is 8.36. The minimum atomic E-state index is -1.01. The van der Waals surface area contributed by atoms with E-state index in [9.17, 15) is 9.59 Å². The summed E-state index contributed by atoms with van der Waals surface area (Å²) in [5.41, 5.74) is 2.72. The monoisotopic (exact) mass is 467 g/mol. The second kappa shape index (κ2) is 7.64. The molecule has 31 heavy (non-hydrogen) atoms. The second-order valence-electron chi connectivity index (χ2n) is 7.44. The highest BCUT2D eigenvalue weighted by atomic mass is 79.9. The molecule has 5 rings (SSSR count). The summed E-state index contributed by atoms with van der Waals surface area (Å²) in [5, 5.41) is 0. The molecule has 1 aliphatic rings. The smallest absolute Gasteiger partial charge is 0.286 e. The van der Waals surface area contributed by atoms with Gasteiger partial charge in [-0.25, -0.2) is 0 Å². The molecule has 0 aromatic heterocycles. The van der Waals surface area contributed by atoms with Gasteiger partial charge in [-0.2, -0.15) is 0 Å². The molecule has 4 heteroatoms. The first-order valence-corrected chi connectivity index (χ1v) is 10.8. The lowest BCUT2D eigenvalue weighted by atomic mass is 9.75. The summed E-state index contributed by atoms with van der Waals surface area (Å²) in [6, 6.07) is 35.0. The van der Waals surface area contributed by atoms with Crippen LogP contribution in [0.4, 0.5) is 5.69 Å². The standard InChI is InChI=1S/C27H18BrNO2/c28-22-16-17-23-24(18-22)29(26(31)25(23)30)27(19-10-4-1-5-11-19,20-12-6-2-7-13-20)21-14-8-3-9-15-21/h1-18H. The van der Waals surface area contributed by atoms with Gasteiger partial charge in [-0.15, -0.1) is 0 Å². The number of hydrogen-bond donors (Lipinski definition) is 0. The molecule has 0 radical (unpaired) electrons. The summed E-state index contributed by atoms with van der Waals surface area (Å²) in [7, 11) is 0. The van der Waals surface area contributed by atoms with Gasteiger partial charge < -0.3 is 0 Å². The molecular formula is C27H18BrNO2. The largest absolute Gasteiger partial charge is 0.300 e. The molecule has 0 saturated heterocycles. The first-order valence-electron chi connectivity index (χ1n) is 9.99. The van der Waals surface area contributed by atoms with Crippen LogP contribution >= 0.6 is 15.9 Å². The molecule has 150 valence electrons. The number of Topliss-reactive ketones (excluding diaryl/α,β-unsaturated/α-hetero) is 1. The number of anilines is 1. The van der Waals surface area contributed by atoms with Crippen molar-refractivity contribution in [3.63, 3.8) is 0 Å². The van der Waals surface area contributed by atoms with Crippen LogP contribution < -0.4 is 4.90 Å². The lowest BCUT2D eigenvalue weighted by Crippen LogP contribution is -2.51. The van der Waals surface area contributed by atoms with Crippen molar-refractivity contribution in [2.24, 2.45) is 0 Å². The van der Waals surface area contributed by atoms with Gasteiger partial charge in [-0.05, 0) is 34.9 Å². The van der Waals surface area contributed by atoms with E-state index in [4.69, 9.17) is 0 Å². The Hall–Kier alpha value is -3.50. The highest BCUT2D eigenvalue weighted by Crippen LogP contribution is 2.48. The highest BCUT2D eigenvalue weighted by Gasteiger charge is 2.51. The van der Waals surface area contributed by atoms with E-state index < -0.39 is 17.2 Å². The van der Waals surface area contributed by atoms with Gasteiger partial charge >= 0.3 is 5.91 Å². The molecule has 0 N–H and O–H groups in total. The number of rotatable bonds is 4. The maximum atomic E-state index is 13.6. The Bertz CT molecular complexity index is 1170. The van der Waals surface area contributed by atoms with Crippen molar-refractivity contribution in [2.45, 2.75) is 5.54 Å². The van der Waals surface area contributed by atoms with Crippen molar-refractivity contribution in [3.05, 3.63) is 136 Å². The Morgan fingerprint density at radius 2 is 1.06 bits per heavy atom. The van der Waals surface area contributed by atoms with Gasteiger partial charge in [0, 0.05) is 4.47 Å². The molecule has 3 nitrogen and oxygen atoms in total. The van der Waals surface area contributed by atoms with Crippen molar-refractivity contribution < 1.29 is 9.59 Å². The summed E-state index contributed by atoms with van der Waals surface area (Å²) >= 11 is 3.52. The van der Waals surface area contributed by atoms with E-state index in [-0.39, 0.29) is 0 Å². The van der Waals surface area contributed by atoms with Crippen molar-refractivity contribution >= 4 is 33.3 Å². The van der Waals surface area contributed by atoms with E-state index in [1.807, 2.05) is 97.1 Å². The fraction of sp³-hybridized carbons (Fsp3) is 0.0370. The lowest BCUT2D eigenvalue weighted by molar-refractivity contribution is -0.115. The molecule has 1 heterocycles. The molecular weight excluding hydrogens is 450 g/mol. The summed E-state index contributed by atoms with van der Waals surface area (Å²) in [5.74, 6) is -1.03. The number of carbonyl (C=O) groups is 2. The van der Waals surface area contributed by atoms with Crippen LogP contribution in [0, 0.1) is 0 Å². The molecule has 1 amide bonds. The normalized spacial score (nSPS) is 13.4. The van der Waals surface area contributed by atoms with Gasteiger partial charge in [0.2, 0.25) is 0 Å². The van der Waals surface area contributed by atoms with Crippen molar-refractivity contribution in [1.29, 1.82) is 0 Å². The van der Waals surface area contributed by atoms with E-state index in [0.717, 1.165) is 21.2 Å². The van der Waals surface area contributed by atoms with Crippen LogP contribution in [0.1, 0.15) is 27.0 Å². The van der Waals surface area contributed by atoms with Gasteiger partial charge in [0.25, 0.3) is 5.78 Å². The third-order valence-corrected chi connectivity index (χ3v) is 6.25. The van der Waals surface area contributed by atoms with Crippen LogP contribution in [0.5, 0.6) is 0 Å². The van der Waals surface area contributed by atoms with E-state index in [1.165, 1.54) is 0 Å². The van der Waals surface area contributed by atoms with Crippen LogP contribution in [0.3, 0.4) is 0 Å². The quantitative estimate of drug-likeness (QED) is 0.273. The van der Waals surface area contributed by atoms with Gasteiger partial charge in [0.05, 0.1) is 11.3 Å². The lowest BCUT2D eigenvalue weighted by Gasteiger charge is -2.43. The molecule has 0 saturated carbocycles. The number of benzene rings is 4. The zero-order valence-corrected chi connectivity index (χ0v) is 18.1. The first kappa shape index (κ1) is 19.5. The maximum absolute atomic E-state index is 13.6. The fourth-order valence-electron chi connectivity index (χ4n) is 4.47. The van der Waals surface area contributed by atoms with E-state index in [0.29, 0.717) is 11.3 Å². The van der Waals surface area contributed by atoms with E-state index >= 15 is 0 Å². The SMILES string of the molecule is O=C1C(=O)N(C(c2ccccc2)(c2ccccc2)c2ccccc2)c2cc(Br)ccc21. The summed E-state index contributed by atoms with van der Waals surface area (Å²) < 4.78 is 0.807. The van der Waals surface area contributed by atoms with Gasteiger partial charge in [-0.3, -0.25) is 14.5 Å². The Labute approximate surface area is 189 Å². The number of nitrogens with zero attached hydrogens (tertiary/aromatic N) is 1. The van der Waals surface area contributed by atoms with Crippen molar-refractivity contribution in [2.75, 3.05) is 4.90 Å². The zero-order chi connectivity index (χ0) is 21.4. The summed E-state index contributed by atoms with van der Waals surface area (Å²) in [6.45, 7) is 0. The molecule has 0 spiro atoms. The van der Waals surface area contributed by atoms with Crippen LogP contribution in [-0.4, -0.2) is 11.7 Å². The minimum absolute atomic E-state index is 0.417. The Balaban J connectivity index is 1.94. The van der Waals surface area contributed by atoms with Crippen LogP contribution in [0.25, 0.3) is 0 Å². The number of fused-ring (bicyclic) bond motifs is 1. The Morgan fingerprint density at radius 3 is 1.52 bits per heavy atom. The molecule has 4 aromatic carbocycles. The van der Waals surface area contributed by atoms with Gasteiger partial charge in [-0.1, -0.05) is 107 Å². The van der Waals surface area contributed by atoms with Crippen LogP contribution in [0.15, 0.2) is 114 Å². The average molecular weight is 468 g/mol. The van der Waals surface area contributed by atoms with E-state index in [2.05, 4.69) is 15.9 Å². The minimum Gasteiger partial charge on any atom is -0.286 e. The third kappa shape index (κ3) is 2.94. The Kier molecular flexibility index (Phi) is 4.79. The molecule has 0 fully saturated rings. The highest BCUT2D eigenvalue weighted by molar-refractivity contribution is 9.10. The molecule has 0 atom stereocenters. The fourth-order valence-corrected chi connectivity index (χ4v) is 4.82. The summed E-state index contributed by atoms with van der Waals surface area (Å²) in [4.78, 5) is 28.3. The predicted octanol–water partition coefficient (Wildman–Crippen LogP) is 5.97. The molecule has 0 bridgehead atoms. The first-order chi connectivity index (χ1) is 15.1. The number of hydrogen-bond acceptors (Lipinski definition) is 2. The molecule has 4 aromatic rings. The summed E-state index contributed by atoms with van der Waals surface area (Å²) in [6.07, 6.45) is 0. The maximum Gasteiger partial charge on any atom is 0.300 e. The number of amides is 1. The van der Waals surface area contributed by atoms with Gasteiger partial charge in [0.1, 0.15) is 5.54 Å². The number of ketones is 1. The third-order valence-electron chi connectivity index (χ3n) is 5.75. The molecule has 0 unspecified atom stereocenters. The zero-order valence-electron chi connectivity index (χ0n) is 16.5. The Morgan fingerprint density at radius 1 is 0.613 bits per heavy atom. The topological polar surface area (TPSA) is 37.4 Å². The predicted molar refractivity (Wildman–Crippen MR) is 125 cm³/mol. The number of halogens is 1.